The van der Waals surface area contributed by atoms with Crippen molar-refractivity contribution in [3.8, 4) is 0 Å². The zero-order chi connectivity index (χ0) is 16.4. The molecule has 0 aliphatic carbocycles. The van der Waals surface area contributed by atoms with Gasteiger partial charge in [0, 0.05) is 39.4 Å². The van der Waals surface area contributed by atoms with Gasteiger partial charge < -0.3 is 15.5 Å². The monoisotopic (exact) mass is 313 g/mol. The van der Waals surface area contributed by atoms with Crippen LogP contribution in [0.4, 0.5) is 5.69 Å². The van der Waals surface area contributed by atoms with Crippen LogP contribution in [0.5, 0.6) is 0 Å². The Hall–Kier alpha value is -2.34. The molecule has 1 aliphatic heterocycles. The molecule has 6 heteroatoms. The van der Waals surface area contributed by atoms with Gasteiger partial charge >= 0.3 is 0 Å². The van der Waals surface area contributed by atoms with Crippen LogP contribution in [-0.4, -0.2) is 46.8 Å². The number of amides is 1. The molecule has 6 nitrogen and oxygen atoms in total. The van der Waals surface area contributed by atoms with Gasteiger partial charge in [-0.25, -0.2) is 0 Å². The highest BCUT2D eigenvalue weighted by molar-refractivity contribution is 5.83. The van der Waals surface area contributed by atoms with Gasteiger partial charge in [-0.05, 0) is 12.5 Å². The first-order chi connectivity index (χ1) is 11.0. The second kappa shape index (κ2) is 6.42. The number of benzene rings is 1. The lowest BCUT2D eigenvalue weighted by Gasteiger charge is -2.36. The molecule has 0 saturated carbocycles. The van der Waals surface area contributed by atoms with E-state index in [1.165, 1.54) is 5.56 Å². The Labute approximate surface area is 136 Å². The largest absolute Gasteiger partial charge is 0.365 e. The number of piperazine rings is 1. The summed E-state index contributed by atoms with van der Waals surface area (Å²) in [7, 11) is 1.91. The third-order valence-corrected chi connectivity index (χ3v) is 4.35. The Bertz CT molecular complexity index is 671. The molecule has 1 atom stereocenters. The zero-order valence-electron chi connectivity index (χ0n) is 13.6. The lowest BCUT2D eigenvalue weighted by Crippen LogP contribution is -2.51. The van der Waals surface area contributed by atoms with Crippen molar-refractivity contribution in [1.29, 1.82) is 0 Å². The van der Waals surface area contributed by atoms with Gasteiger partial charge in [-0.3, -0.25) is 9.48 Å². The predicted octanol–water partition coefficient (Wildman–Crippen LogP) is 1.08. The molecule has 1 aromatic heterocycles. The van der Waals surface area contributed by atoms with E-state index in [-0.39, 0.29) is 5.91 Å². The smallest absolute Gasteiger partial charge is 0.244 e. The van der Waals surface area contributed by atoms with Crippen LogP contribution < -0.4 is 10.6 Å². The summed E-state index contributed by atoms with van der Waals surface area (Å²) in [6.07, 6.45) is 3.85. The van der Waals surface area contributed by atoms with E-state index in [0.29, 0.717) is 13.1 Å². The first-order valence-corrected chi connectivity index (χ1v) is 7.89. The second-order valence-corrected chi connectivity index (χ2v) is 6.07. The van der Waals surface area contributed by atoms with E-state index in [1.807, 2.05) is 55.5 Å². The maximum absolute atomic E-state index is 12.6. The van der Waals surface area contributed by atoms with Crippen molar-refractivity contribution in [2.75, 3.05) is 31.1 Å². The van der Waals surface area contributed by atoms with Crippen molar-refractivity contribution in [2.24, 2.45) is 12.8 Å². The molecule has 122 valence electrons. The van der Waals surface area contributed by atoms with Gasteiger partial charge in [0.05, 0.1) is 11.9 Å². The highest BCUT2D eigenvalue weighted by atomic mass is 16.2. The Balaban J connectivity index is 1.60. The molecule has 2 heterocycles. The lowest BCUT2D eigenvalue weighted by molar-refractivity contribution is -0.133. The molecular formula is C17H23N5O. The number of anilines is 1. The van der Waals surface area contributed by atoms with Crippen molar-refractivity contribution in [1.82, 2.24) is 14.7 Å². The molecule has 2 N–H and O–H groups in total. The number of hydrogen-bond donors (Lipinski definition) is 1. The number of aromatic nitrogens is 2. The van der Waals surface area contributed by atoms with Gasteiger partial charge in [-0.15, -0.1) is 0 Å². The van der Waals surface area contributed by atoms with Crippen LogP contribution in [-0.2, 0) is 11.8 Å². The van der Waals surface area contributed by atoms with E-state index in [4.69, 9.17) is 5.73 Å². The summed E-state index contributed by atoms with van der Waals surface area (Å²) < 4.78 is 1.79. The topological polar surface area (TPSA) is 67.4 Å². The number of rotatable bonds is 3. The lowest BCUT2D eigenvalue weighted by atomic mass is 10.0. The Kier molecular flexibility index (Phi) is 4.34. The second-order valence-electron chi connectivity index (χ2n) is 6.07. The van der Waals surface area contributed by atoms with Crippen LogP contribution in [0.15, 0.2) is 36.7 Å². The molecule has 1 fully saturated rings. The number of aryl methyl sites for hydroxylation is 2. The van der Waals surface area contributed by atoms with Gasteiger partial charge in [-0.1, -0.05) is 29.8 Å². The average Bonchev–Trinajstić information content (AvgIpc) is 3.01. The minimum atomic E-state index is -0.583. The fourth-order valence-electron chi connectivity index (χ4n) is 2.87. The highest BCUT2D eigenvalue weighted by Crippen LogP contribution is 2.18. The van der Waals surface area contributed by atoms with Gasteiger partial charge in [0.15, 0.2) is 0 Å². The Morgan fingerprint density at radius 3 is 2.39 bits per heavy atom. The van der Waals surface area contributed by atoms with Crippen molar-refractivity contribution >= 4 is 11.6 Å². The van der Waals surface area contributed by atoms with Crippen molar-refractivity contribution in [3.05, 3.63) is 47.8 Å². The summed E-state index contributed by atoms with van der Waals surface area (Å²) in [5.41, 5.74) is 9.29. The molecular weight excluding hydrogens is 290 g/mol. The molecule has 1 unspecified atom stereocenters. The van der Waals surface area contributed by atoms with E-state index in [1.54, 1.807) is 4.68 Å². The van der Waals surface area contributed by atoms with E-state index in [0.717, 1.165) is 24.3 Å². The molecule has 1 saturated heterocycles. The molecule has 3 rings (SSSR count). The summed E-state index contributed by atoms with van der Waals surface area (Å²) in [5, 5.41) is 4.20. The molecule has 1 amide bonds. The Morgan fingerprint density at radius 2 is 1.83 bits per heavy atom. The summed E-state index contributed by atoms with van der Waals surface area (Å²) in [6, 6.07) is 7.26. The predicted molar refractivity (Wildman–Crippen MR) is 90.1 cm³/mol. The van der Waals surface area contributed by atoms with Crippen LogP contribution in [0.25, 0.3) is 0 Å². The van der Waals surface area contributed by atoms with E-state index in [9.17, 15) is 4.79 Å². The first kappa shape index (κ1) is 15.6. The number of nitrogens with two attached hydrogens (primary N) is 1. The van der Waals surface area contributed by atoms with E-state index in [2.05, 4.69) is 10.00 Å². The quantitative estimate of drug-likeness (QED) is 0.921. The number of hydrogen-bond acceptors (Lipinski definition) is 4. The molecule has 2 aromatic rings. The molecule has 23 heavy (non-hydrogen) atoms. The number of carbonyl (C=O) groups is 1. The number of carbonyl (C=O) groups excluding carboxylic acids is 1. The molecule has 0 spiro atoms. The minimum Gasteiger partial charge on any atom is -0.365 e. The van der Waals surface area contributed by atoms with Crippen LogP contribution in [0.1, 0.15) is 17.2 Å². The van der Waals surface area contributed by atoms with Crippen molar-refractivity contribution < 1.29 is 4.79 Å². The normalized spacial score (nSPS) is 16.5. The highest BCUT2D eigenvalue weighted by Gasteiger charge is 2.26. The fraction of sp³-hybridized carbons (Fsp3) is 0.412. The molecule has 0 radical (unpaired) electrons. The van der Waals surface area contributed by atoms with E-state index < -0.39 is 6.04 Å². The zero-order valence-corrected chi connectivity index (χ0v) is 13.6. The summed E-state index contributed by atoms with van der Waals surface area (Å²) in [5.74, 6) is -0.000287. The summed E-state index contributed by atoms with van der Waals surface area (Å²) in [6.45, 7) is 5.01. The van der Waals surface area contributed by atoms with Crippen molar-refractivity contribution in [2.45, 2.75) is 13.0 Å². The standard InChI is InChI=1S/C17H23N5O/c1-13-3-5-14(6-4-13)16(18)17(23)22-9-7-21(8-10-22)15-11-19-20(2)12-15/h3-6,11-12,16H,7-10,18H2,1-2H3. The average molecular weight is 313 g/mol. The molecule has 1 aliphatic rings. The van der Waals surface area contributed by atoms with Crippen molar-refractivity contribution in [3.63, 3.8) is 0 Å². The molecule has 1 aromatic carbocycles. The third-order valence-electron chi connectivity index (χ3n) is 4.35. The van der Waals surface area contributed by atoms with E-state index >= 15 is 0 Å². The maximum atomic E-state index is 12.6. The van der Waals surface area contributed by atoms with Gasteiger partial charge in [0.2, 0.25) is 5.91 Å². The maximum Gasteiger partial charge on any atom is 0.244 e. The third kappa shape index (κ3) is 3.37. The van der Waals surface area contributed by atoms with Crippen LogP contribution in [0.2, 0.25) is 0 Å². The number of nitrogens with zero attached hydrogens (tertiary/aromatic N) is 4. The van der Waals surface area contributed by atoms with Gasteiger partial charge in [0.25, 0.3) is 0 Å². The van der Waals surface area contributed by atoms with Gasteiger partial charge in [-0.2, -0.15) is 5.10 Å². The first-order valence-electron chi connectivity index (χ1n) is 7.89. The van der Waals surface area contributed by atoms with Crippen LogP contribution >= 0.6 is 0 Å². The fourth-order valence-corrected chi connectivity index (χ4v) is 2.87. The van der Waals surface area contributed by atoms with Crippen LogP contribution in [0.3, 0.4) is 0 Å². The SMILES string of the molecule is Cc1ccc(C(N)C(=O)N2CCN(c3cnn(C)c3)CC2)cc1. The summed E-state index contributed by atoms with van der Waals surface area (Å²) >= 11 is 0. The van der Waals surface area contributed by atoms with Gasteiger partial charge in [0.1, 0.15) is 6.04 Å². The molecule has 0 bridgehead atoms. The Morgan fingerprint density at radius 1 is 1.17 bits per heavy atom. The van der Waals surface area contributed by atoms with Crippen LogP contribution in [0, 0.1) is 6.92 Å². The minimum absolute atomic E-state index is 0.000287. The summed E-state index contributed by atoms with van der Waals surface area (Å²) in [4.78, 5) is 16.7.